The van der Waals surface area contributed by atoms with E-state index in [9.17, 15) is 4.79 Å². The first-order chi connectivity index (χ1) is 8.99. The lowest BCUT2D eigenvalue weighted by Crippen LogP contribution is -2.28. The van der Waals surface area contributed by atoms with Crippen LogP contribution in [-0.4, -0.2) is 45.7 Å². The molecule has 0 fully saturated rings. The van der Waals surface area contributed by atoms with Crippen LogP contribution in [0, 0.1) is 0 Å². The van der Waals surface area contributed by atoms with Crippen molar-refractivity contribution in [2.75, 3.05) is 34.9 Å². The van der Waals surface area contributed by atoms with Gasteiger partial charge in [0.05, 0.1) is 7.11 Å². The monoisotopic (exact) mass is 266 g/mol. The number of benzene rings is 1. The van der Waals surface area contributed by atoms with Crippen LogP contribution >= 0.6 is 0 Å². The predicted molar refractivity (Wildman–Crippen MR) is 74.7 cm³/mol. The van der Waals surface area contributed by atoms with Gasteiger partial charge in [-0.15, -0.1) is 0 Å². The standard InChI is InChI=1S/C14H22N2O3/c1-10(15-2)12-7-6-11(18-5)8-13(12)19-9-14(17)16(3)4/h6-8,10,15H,9H2,1-5H3. The lowest BCUT2D eigenvalue weighted by atomic mass is 10.1. The lowest BCUT2D eigenvalue weighted by molar-refractivity contribution is -0.130. The van der Waals surface area contributed by atoms with Crippen molar-refractivity contribution >= 4 is 5.91 Å². The lowest BCUT2D eigenvalue weighted by Gasteiger charge is -2.18. The van der Waals surface area contributed by atoms with Gasteiger partial charge in [0.2, 0.25) is 0 Å². The van der Waals surface area contributed by atoms with Crippen molar-refractivity contribution in [3.8, 4) is 11.5 Å². The fraction of sp³-hybridized carbons (Fsp3) is 0.500. The normalized spacial score (nSPS) is 11.8. The van der Waals surface area contributed by atoms with Crippen LogP contribution in [0.1, 0.15) is 18.5 Å². The summed E-state index contributed by atoms with van der Waals surface area (Å²) >= 11 is 0. The SMILES string of the molecule is CNC(C)c1ccc(OC)cc1OCC(=O)N(C)C. The highest BCUT2D eigenvalue weighted by molar-refractivity contribution is 5.77. The van der Waals surface area contributed by atoms with Crippen LogP contribution < -0.4 is 14.8 Å². The van der Waals surface area contributed by atoms with Crippen molar-refractivity contribution < 1.29 is 14.3 Å². The quantitative estimate of drug-likeness (QED) is 0.846. The molecular formula is C14H22N2O3. The summed E-state index contributed by atoms with van der Waals surface area (Å²) in [7, 11) is 6.89. The number of nitrogens with one attached hydrogen (secondary N) is 1. The highest BCUT2D eigenvalue weighted by atomic mass is 16.5. The Balaban J connectivity index is 2.91. The van der Waals surface area contributed by atoms with Gasteiger partial charge in [0.15, 0.2) is 6.61 Å². The molecule has 5 nitrogen and oxygen atoms in total. The maximum absolute atomic E-state index is 11.6. The molecule has 19 heavy (non-hydrogen) atoms. The molecule has 0 bridgehead atoms. The molecule has 0 aromatic heterocycles. The summed E-state index contributed by atoms with van der Waals surface area (Å²) in [6, 6.07) is 5.75. The maximum Gasteiger partial charge on any atom is 0.259 e. The number of hydrogen-bond acceptors (Lipinski definition) is 4. The van der Waals surface area contributed by atoms with Gasteiger partial charge < -0.3 is 19.7 Å². The molecule has 106 valence electrons. The van der Waals surface area contributed by atoms with Gasteiger partial charge in [0, 0.05) is 31.8 Å². The van der Waals surface area contributed by atoms with Gasteiger partial charge in [0.1, 0.15) is 11.5 Å². The third-order valence-corrected chi connectivity index (χ3v) is 2.97. The third-order valence-electron chi connectivity index (χ3n) is 2.97. The van der Waals surface area contributed by atoms with E-state index in [1.54, 1.807) is 27.3 Å². The molecule has 0 aliphatic carbocycles. The summed E-state index contributed by atoms with van der Waals surface area (Å²) in [4.78, 5) is 13.1. The molecule has 0 saturated carbocycles. The Labute approximate surface area is 114 Å². The van der Waals surface area contributed by atoms with Crippen molar-refractivity contribution in [1.82, 2.24) is 10.2 Å². The van der Waals surface area contributed by atoms with Crippen LogP contribution in [0.25, 0.3) is 0 Å². The summed E-state index contributed by atoms with van der Waals surface area (Å²) in [6.07, 6.45) is 0. The zero-order chi connectivity index (χ0) is 14.4. The average molecular weight is 266 g/mol. The molecule has 0 saturated heterocycles. The van der Waals surface area contributed by atoms with Gasteiger partial charge in [-0.2, -0.15) is 0 Å². The number of carbonyl (C=O) groups excluding carboxylic acids is 1. The number of amides is 1. The van der Waals surface area contributed by atoms with E-state index < -0.39 is 0 Å². The molecule has 5 heteroatoms. The zero-order valence-electron chi connectivity index (χ0n) is 12.2. The van der Waals surface area contributed by atoms with Crippen molar-refractivity contribution in [1.29, 1.82) is 0 Å². The summed E-state index contributed by atoms with van der Waals surface area (Å²) in [5.74, 6) is 1.29. The van der Waals surface area contributed by atoms with Gasteiger partial charge in [-0.1, -0.05) is 6.07 Å². The van der Waals surface area contributed by atoms with Gasteiger partial charge in [0.25, 0.3) is 5.91 Å². The van der Waals surface area contributed by atoms with E-state index in [4.69, 9.17) is 9.47 Å². The predicted octanol–water partition coefficient (Wildman–Crippen LogP) is 1.44. The first-order valence-electron chi connectivity index (χ1n) is 6.17. The second-order valence-corrected chi connectivity index (χ2v) is 4.49. The molecule has 0 spiro atoms. The average Bonchev–Trinajstić information content (AvgIpc) is 2.43. The first-order valence-corrected chi connectivity index (χ1v) is 6.17. The molecular weight excluding hydrogens is 244 g/mol. The van der Waals surface area contributed by atoms with Crippen molar-refractivity contribution in [3.05, 3.63) is 23.8 Å². The summed E-state index contributed by atoms with van der Waals surface area (Å²) in [5, 5.41) is 3.15. The fourth-order valence-electron chi connectivity index (χ4n) is 1.55. The largest absolute Gasteiger partial charge is 0.497 e. The minimum atomic E-state index is -0.0779. The number of nitrogens with zero attached hydrogens (tertiary/aromatic N) is 1. The summed E-state index contributed by atoms with van der Waals surface area (Å²) in [5.41, 5.74) is 0.995. The second-order valence-electron chi connectivity index (χ2n) is 4.49. The van der Waals surface area contributed by atoms with E-state index in [1.165, 1.54) is 4.90 Å². The van der Waals surface area contributed by atoms with E-state index in [0.717, 1.165) is 5.56 Å². The smallest absolute Gasteiger partial charge is 0.259 e. The molecule has 1 aromatic carbocycles. The minimum absolute atomic E-state index is 0.0175. The molecule has 1 N–H and O–H groups in total. The Kier molecular flexibility index (Phi) is 5.63. The third kappa shape index (κ3) is 4.13. The first kappa shape index (κ1) is 15.3. The second kappa shape index (κ2) is 6.99. The topological polar surface area (TPSA) is 50.8 Å². The van der Waals surface area contributed by atoms with E-state index in [1.807, 2.05) is 26.1 Å². The molecule has 0 radical (unpaired) electrons. The Morgan fingerprint density at radius 2 is 2.11 bits per heavy atom. The number of carbonyl (C=O) groups is 1. The van der Waals surface area contributed by atoms with Crippen molar-refractivity contribution in [2.24, 2.45) is 0 Å². The van der Waals surface area contributed by atoms with Crippen LogP contribution in [0.2, 0.25) is 0 Å². The summed E-state index contributed by atoms with van der Waals surface area (Å²) < 4.78 is 10.8. The number of ether oxygens (including phenoxy) is 2. The Morgan fingerprint density at radius 1 is 1.42 bits per heavy atom. The van der Waals surface area contributed by atoms with E-state index in [-0.39, 0.29) is 18.6 Å². The summed E-state index contributed by atoms with van der Waals surface area (Å²) in [6.45, 7) is 2.05. The molecule has 1 rings (SSSR count). The number of likely N-dealkylation sites (N-methyl/N-ethyl adjacent to an activating group) is 1. The molecule has 1 aromatic rings. The van der Waals surface area contributed by atoms with Gasteiger partial charge >= 0.3 is 0 Å². The molecule has 1 unspecified atom stereocenters. The van der Waals surface area contributed by atoms with E-state index in [0.29, 0.717) is 11.5 Å². The number of methoxy groups -OCH3 is 1. The van der Waals surface area contributed by atoms with Crippen molar-refractivity contribution in [2.45, 2.75) is 13.0 Å². The Morgan fingerprint density at radius 3 is 2.63 bits per heavy atom. The fourth-order valence-corrected chi connectivity index (χ4v) is 1.55. The number of rotatable bonds is 6. The van der Waals surface area contributed by atoms with Crippen LogP contribution in [0.5, 0.6) is 11.5 Å². The maximum atomic E-state index is 11.6. The Hall–Kier alpha value is -1.75. The van der Waals surface area contributed by atoms with Gasteiger partial charge in [-0.05, 0) is 20.0 Å². The van der Waals surface area contributed by atoms with Gasteiger partial charge in [-0.25, -0.2) is 0 Å². The molecule has 0 aliphatic heterocycles. The molecule has 0 heterocycles. The van der Waals surface area contributed by atoms with Gasteiger partial charge in [-0.3, -0.25) is 4.79 Å². The highest BCUT2D eigenvalue weighted by Gasteiger charge is 2.13. The van der Waals surface area contributed by atoms with Crippen LogP contribution in [0.4, 0.5) is 0 Å². The minimum Gasteiger partial charge on any atom is -0.497 e. The van der Waals surface area contributed by atoms with E-state index in [2.05, 4.69) is 5.32 Å². The zero-order valence-corrected chi connectivity index (χ0v) is 12.2. The molecule has 1 atom stereocenters. The van der Waals surface area contributed by atoms with Crippen LogP contribution in [-0.2, 0) is 4.79 Å². The van der Waals surface area contributed by atoms with Crippen molar-refractivity contribution in [3.63, 3.8) is 0 Å². The van der Waals surface area contributed by atoms with Crippen LogP contribution in [0.15, 0.2) is 18.2 Å². The number of hydrogen-bond donors (Lipinski definition) is 1. The van der Waals surface area contributed by atoms with E-state index >= 15 is 0 Å². The molecule has 0 aliphatic rings. The highest BCUT2D eigenvalue weighted by Crippen LogP contribution is 2.29. The molecule has 1 amide bonds. The van der Waals surface area contributed by atoms with Crippen LogP contribution in [0.3, 0.4) is 0 Å². The Bertz CT molecular complexity index is 433.